The first-order chi connectivity index (χ1) is 11.8. The van der Waals surface area contributed by atoms with E-state index in [0.29, 0.717) is 5.75 Å². The van der Waals surface area contributed by atoms with Crippen molar-refractivity contribution in [1.29, 1.82) is 0 Å². The predicted molar refractivity (Wildman–Crippen MR) is 99.9 cm³/mol. The molecule has 2 heteroatoms. The zero-order chi connectivity index (χ0) is 16.4. The Balaban J connectivity index is 1.50. The topological polar surface area (TPSA) is 23.5 Å². The van der Waals surface area contributed by atoms with Crippen molar-refractivity contribution in [2.75, 3.05) is 13.1 Å². The largest absolute Gasteiger partial charge is 0.508 e. The van der Waals surface area contributed by atoms with Crippen LogP contribution in [-0.4, -0.2) is 23.1 Å². The first-order valence-electron chi connectivity index (χ1n) is 8.46. The van der Waals surface area contributed by atoms with Crippen LogP contribution in [-0.2, 0) is 6.54 Å². The third-order valence-corrected chi connectivity index (χ3v) is 4.74. The molecule has 0 fully saturated rings. The summed E-state index contributed by atoms with van der Waals surface area (Å²) < 4.78 is 0. The van der Waals surface area contributed by atoms with Crippen molar-refractivity contribution < 1.29 is 5.11 Å². The zero-order valence-electron chi connectivity index (χ0n) is 13.7. The number of benzene rings is 3. The second-order valence-electron chi connectivity index (χ2n) is 6.45. The molecule has 0 saturated heterocycles. The summed E-state index contributed by atoms with van der Waals surface area (Å²) in [4.78, 5) is 2.48. The standard InChI is InChI=1S/C22H21NO/c24-22-9-8-20-14-19(6-7-21(20)15-22)18-10-12-23(13-11-18)16-17-4-2-1-3-5-17/h1-10,14-15,24H,11-13,16H2. The average Bonchev–Trinajstić information content (AvgIpc) is 2.63. The van der Waals surface area contributed by atoms with Gasteiger partial charge in [0.15, 0.2) is 0 Å². The minimum absolute atomic E-state index is 0.323. The first kappa shape index (κ1) is 15.0. The van der Waals surface area contributed by atoms with Gasteiger partial charge in [-0.2, -0.15) is 0 Å². The van der Waals surface area contributed by atoms with Crippen LogP contribution in [0.15, 0.2) is 72.8 Å². The van der Waals surface area contributed by atoms with E-state index in [1.54, 1.807) is 6.07 Å². The summed E-state index contributed by atoms with van der Waals surface area (Å²) >= 11 is 0. The molecule has 0 aliphatic carbocycles. The summed E-state index contributed by atoms with van der Waals surface area (Å²) in [5.74, 6) is 0.323. The Labute approximate surface area is 142 Å². The van der Waals surface area contributed by atoms with Crippen LogP contribution in [0.25, 0.3) is 16.3 Å². The molecule has 1 heterocycles. The average molecular weight is 315 g/mol. The lowest BCUT2D eigenvalue weighted by Gasteiger charge is -2.26. The summed E-state index contributed by atoms with van der Waals surface area (Å²) in [6, 6.07) is 22.7. The van der Waals surface area contributed by atoms with Gasteiger partial charge in [0.1, 0.15) is 5.75 Å². The van der Waals surface area contributed by atoms with Crippen LogP contribution in [0.4, 0.5) is 0 Å². The van der Waals surface area contributed by atoms with Crippen molar-refractivity contribution >= 4 is 16.3 Å². The van der Waals surface area contributed by atoms with E-state index in [1.807, 2.05) is 12.1 Å². The molecular formula is C22H21NO. The highest BCUT2D eigenvalue weighted by molar-refractivity contribution is 5.87. The highest BCUT2D eigenvalue weighted by Gasteiger charge is 2.13. The van der Waals surface area contributed by atoms with Crippen LogP contribution in [0.1, 0.15) is 17.5 Å². The molecule has 0 atom stereocenters. The van der Waals surface area contributed by atoms with E-state index in [2.05, 4.69) is 59.5 Å². The van der Waals surface area contributed by atoms with Crippen LogP contribution in [0.5, 0.6) is 5.75 Å². The van der Waals surface area contributed by atoms with Crippen LogP contribution in [0.3, 0.4) is 0 Å². The van der Waals surface area contributed by atoms with Gasteiger partial charge in [0, 0.05) is 19.6 Å². The molecule has 24 heavy (non-hydrogen) atoms. The lowest BCUT2D eigenvalue weighted by Crippen LogP contribution is -2.27. The Bertz CT molecular complexity index is 883. The maximum absolute atomic E-state index is 9.58. The van der Waals surface area contributed by atoms with Gasteiger partial charge in [0.25, 0.3) is 0 Å². The third kappa shape index (κ3) is 3.19. The number of rotatable bonds is 3. The van der Waals surface area contributed by atoms with Gasteiger partial charge in [-0.05, 0) is 52.1 Å². The van der Waals surface area contributed by atoms with Crippen LogP contribution in [0.2, 0.25) is 0 Å². The second-order valence-corrected chi connectivity index (χ2v) is 6.45. The number of hydrogen-bond acceptors (Lipinski definition) is 2. The predicted octanol–water partition coefficient (Wildman–Crippen LogP) is 4.83. The van der Waals surface area contributed by atoms with Gasteiger partial charge in [0.2, 0.25) is 0 Å². The molecule has 0 saturated carbocycles. The molecule has 0 bridgehead atoms. The number of phenols is 1. The Morgan fingerprint density at radius 3 is 2.46 bits per heavy atom. The maximum Gasteiger partial charge on any atom is 0.116 e. The maximum atomic E-state index is 9.58. The quantitative estimate of drug-likeness (QED) is 0.748. The van der Waals surface area contributed by atoms with E-state index in [9.17, 15) is 5.11 Å². The van der Waals surface area contributed by atoms with Gasteiger partial charge in [-0.3, -0.25) is 4.90 Å². The number of aromatic hydroxyl groups is 1. The molecule has 0 radical (unpaired) electrons. The van der Waals surface area contributed by atoms with Crippen molar-refractivity contribution in [3.8, 4) is 5.75 Å². The molecule has 1 aliphatic heterocycles. The van der Waals surface area contributed by atoms with E-state index in [1.165, 1.54) is 22.1 Å². The Kier molecular flexibility index (Phi) is 4.06. The molecule has 0 amide bonds. The first-order valence-corrected chi connectivity index (χ1v) is 8.46. The van der Waals surface area contributed by atoms with E-state index >= 15 is 0 Å². The van der Waals surface area contributed by atoms with Gasteiger partial charge in [-0.1, -0.05) is 54.6 Å². The molecule has 3 aromatic carbocycles. The zero-order valence-corrected chi connectivity index (χ0v) is 13.7. The number of nitrogens with zero attached hydrogens (tertiary/aromatic N) is 1. The summed E-state index contributed by atoms with van der Waals surface area (Å²) in [6.07, 6.45) is 3.43. The van der Waals surface area contributed by atoms with E-state index in [-0.39, 0.29) is 0 Å². The fourth-order valence-electron chi connectivity index (χ4n) is 3.39. The SMILES string of the molecule is Oc1ccc2cc(C3=CCN(Cc4ccccc4)CC3)ccc2c1. The number of phenolic OH excluding ortho intramolecular Hbond substituents is 1. The molecule has 4 rings (SSSR count). The summed E-state index contributed by atoms with van der Waals surface area (Å²) in [5, 5.41) is 11.8. The van der Waals surface area contributed by atoms with Crippen LogP contribution >= 0.6 is 0 Å². The molecule has 3 aromatic rings. The van der Waals surface area contributed by atoms with Crippen molar-refractivity contribution in [3.05, 3.63) is 83.9 Å². The van der Waals surface area contributed by atoms with E-state index in [4.69, 9.17) is 0 Å². The minimum Gasteiger partial charge on any atom is -0.508 e. The molecule has 0 spiro atoms. The fourth-order valence-corrected chi connectivity index (χ4v) is 3.39. The highest BCUT2D eigenvalue weighted by atomic mass is 16.3. The monoisotopic (exact) mass is 315 g/mol. The van der Waals surface area contributed by atoms with Crippen molar-refractivity contribution in [2.24, 2.45) is 0 Å². The molecule has 2 nitrogen and oxygen atoms in total. The molecule has 120 valence electrons. The number of hydrogen-bond donors (Lipinski definition) is 1. The third-order valence-electron chi connectivity index (χ3n) is 4.74. The highest BCUT2D eigenvalue weighted by Crippen LogP contribution is 2.27. The van der Waals surface area contributed by atoms with E-state index in [0.717, 1.165) is 31.4 Å². The van der Waals surface area contributed by atoms with Gasteiger partial charge in [-0.25, -0.2) is 0 Å². The van der Waals surface area contributed by atoms with Gasteiger partial charge < -0.3 is 5.11 Å². The lowest BCUT2D eigenvalue weighted by atomic mass is 9.96. The molecular weight excluding hydrogens is 294 g/mol. The van der Waals surface area contributed by atoms with Gasteiger partial charge in [0.05, 0.1) is 0 Å². The fraction of sp³-hybridized carbons (Fsp3) is 0.182. The lowest BCUT2D eigenvalue weighted by molar-refractivity contribution is 0.294. The second kappa shape index (κ2) is 6.50. The smallest absolute Gasteiger partial charge is 0.116 e. The van der Waals surface area contributed by atoms with Crippen molar-refractivity contribution in [1.82, 2.24) is 4.90 Å². The van der Waals surface area contributed by atoms with Crippen LogP contribution < -0.4 is 0 Å². The Morgan fingerprint density at radius 1 is 0.875 bits per heavy atom. The Morgan fingerprint density at radius 2 is 1.67 bits per heavy atom. The summed E-state index contributed by atoms with van der Waals surface area (Å²) in [7, 11) is 0. The van der Waals surface area contributed by atoms with Crippen molar-refractivity contribution in [3.63, 3.8) is 0 Å². The molecule has 1 aliphatic rings. The molecule has 1 N–H and O–H groups in total. The van der Waals surface area contributed by atoms with Crippen LogP contribution in [0, 0.1) is 0 Å². The summed E-state index contributed by atoms with van der Waals surface area (Å²) in [6.45, 7) is 3.10. The van der Waals surface area contributed by atoms with Crippen molar-refractivity contribution in [2.45, 2.75) is 13.0 Å². The number of fused-ring (bicyclic) bond motifs is 1. The van der Waals surface area contributed by atoms with E-state index < -0.39 is 0 Å². The Hall–Kier alpha value is -2.58. The normalized spacial score (nSPS) is 15.4. The summed E-state index contributed by atoms with van der Waals surface area (Å²) in [5.41, 5.74) is 4.10. The molecule has 0 unspecified atom stereocenters. The van der Waals surface area contributed by atoms with Gasteiger partial charge >= 0.3 is 0 Å². The molecule has 0 aromatic heterocycles. The minimum atomic E-state index is 0.323. The van der Waals surface area contributed by atoms with Gasteiger partial charge in [-0.15, -0.1) is 0 Å².